The summed E-state index contributed by atoms with van der Waals surface area (Å²) in [5, 5.41) is 2.11. The number of anilines is 1. The molecule has 37 heavy (non-hydrogen) atoms. The van der Waals surface area contributed by atoms with E-state index in [4.69, 9.17) is 4.74 Å². The van der Waals surface area contributed by atoms with Crippen LogP contribution in [0.3, 0.4) is 0 Å². The fraction of sp³-hybridized carbons (Fsp3) is 0.333. The molecule has 0 radical (unpaired) electrons. The number of benzene rings is 2. The van der Waals surface area contributed by atoms with E-state index in [9.17, 15) is 32.3 Å². The number of nitrogens with zero attached hydrogens (tertiary/aromatic N) is 1. The quantitative estimate of drug-likeness (QED) is 0.348. The number of alkyl halides is 3. The number of esters is 1. The molecule has 1 saturated heterocycles. The Hall–Kier alpha value is -3.95. The standard InChI is InChI=1S/C27H23F3N2O5/c28-27(29,30)18-8-4-5-9-19(18)31-21(33)14-37-26(36)20(12-15-6-2-1-3-7-15)32-24(34)22-16-10-11-17(13-16)23(22)25(32)35/h1-11,16-17,20,22-23H,12-14H2,(H,31,33)/t16-,17-,20+,22-,23+/m0/s1. The van der Waals surface area contributed by atoms with Gasteiger partial charge in [0.2, 0.25) is 11.8 Å². The Kier molecular flexibility index (Phi) is 6.35. The Labute approximate surface area is 210 Å². The van der Waals surface area contributed by atoms with Crippen LogP contribution < -0.4 is 5.32 Å². The van der Waals surface area contributed by atoms with E-state index in [1.165, 1.54) is 12.1 Å². The van der Waals surface area contributed by atoms with Gasteiger partial charge < -0.3 is 10.1 Å². The first-order valence-electron chi connectivity index (χ1n) is 11.9. The first-order chi connectivity index (χ1) is 17.6. The number of hydrogen-bond acceptors (Lipinski definition) is 5. The van der Waals surface area contributed by atoms with Gasteiger partial charge in [0, 0.05) is 6.42 Å². The van der Waals surface area contributed by atoms with Gasteiger partial charge in [0.15, 0.2) is 6.61 Å². The Morgan fingerprint density at radius 2 is 1.54 bits per heavy atom. The molecular weight excluding hydrogens is 489 g/mol. The average Bonchev–Trinajstić information content (AvgIpc) is 3.55. The Morgan fingerprint density at radius 3 is 2.16 bits per heavy atom. The predicted octanol–water partition coefficient (Wildman–Crippen LogP) is 3.61. The van der Waals surface area contributed by atoms with Crippen molar-refractivity contribution in [1.29, 1.82) is 0 Å². The number of hydrogen-bond donors (Lipinski definition) is 1. The molecule has 3 amide bonds. The molecule has 2 fully saturated rings. The number of likely N-dealkylation sites (tertiary alicyclic amines) is 1. The minimum Gasteiger partial charge on any atom is -0.454 e. The highest BCUT2D eigenvalue weighted by atomic mass is 19.4. The lowest BCUT2D eigenvalue weighted by atomic mass is 9.85. The number of nitrogens with one attached hydrogen (secondary N) is 1. The zero-order chi connectivity index (χ0) is 26.3. The summed E-state index contributed by atoms with van der Waals surface area (Å²) < 4.78 is 44.8. The number of carbonyl (C=O) groups is 4. The van der Waals surface area contributed by atoms with E-state index >= 15 is 0 Å². The molecule has 3 aliphatic rings. The number of imide groups is 1. The summed E-state index contributed by atoms with van der Waals surface area (Å²) in [6, 6.07) is 11.9. The molecule has 5 atom stereocenters. The van der Waals surface area contributed by atoms with Crippen molar-refractivity contribution < 1.29 is 37.1 Å². The van der Waals surface area contributed by atoms with Crippen LogP contribution in [0.5, 0.6) is 0 Å². The largest absolute Gasteiger partial charge is 0.454 e. The first-order valence-corrected chi connectivity index (χ1v) is 11.9. The zero-order valence-corrected chi connectivity index (χ0v) is 19.5. The van der Waals surface area contributed by atoms with Crippen LogP contribution in [0.15, 0.2) is 66.7 Å². The SMILES string of the molecule is O=C(COC(=O)[C@@H](Cc1ccccc1)N1C(=O)[C@@H]2[C@H](C1=O)[C@H]1C=C[C@H]2C1)Nc1ccccc1C(F)(F)F. The van der Waals surface area contributed by atoms with Crippen molar-refractivity contribution in [3.8, 4) is 0 Å². The minimum absolute atomic E-state index is 0.0160. The molecule has 1 saturated carbocycles. The summed E-state index contributed by atoms with van der Waals surface area (Å²) in [6.45, 7) is -0.883. The van der Waals surface area contributed by atoms with Crippen LogP contribution in [0.4, 0.5) is 18.9 Å². The van der Waals surface area contributed by atoms with Crippen molar-refractivity contribution in [2.75, 3.05) is 11.9 Å². The van der Waals surface area contributed by atoms with E-state index in [0.717, 1.165) is 23.5 Å². The molecule has 2 aromatic rings. The lowest BCUT2D eigenvalue weighted by Crippen LogP contribution is -2.48. The third-order valence-electron chi connectivity index (χ3n) is 7.21. The molecule has 2 aliphatic carbocycles. The molecule has 0 spiro atoms. The van der Waals surface area contributed by atoms with E-state index in [2.05, 4.69) is 5.32 Å². The summed E-state index contributed by atoms with van der Waals surface area (Å²) in [6.07, 6.45) is -0.0988. The highest BCUT2D eigenvalue weighted by molar-refractivity contribution is 6.09. The van der Waals surface area contributed by atoms with Crippen molar-refractivity contribution in [3.05, 3.63) is 77.9 Å². The molecule has 1 N–H and O–H groups in total. The summed E-state index contributed by atoms with van der Waals surface area (Å²) in [5.74, 6) is -3.98. The molecule has 1 heterocycles. The minimum atomic E-state index is -4.69. The van der Waals surface area contributed by atoms with Crippen molar-refractivity contribution in [2.24, 2.45) is 23.7 Å². The van der Waals surface area contributed by atoms with Crippen LogP contribution in [-0.2, 0) is 36.5 Å². The number of amides is 3. The summed E-state index contributed by atoms with van der Waals surface area (Å²) in [7, 11) is 0. The normalized spacial score (nSPS) is 24.8. The van der Waals surface area contributed by atoms with Crippen LogP contribution in [0.2, 0.25) is 0 Å². The Balaban J connectivity index is 1.32. The second kappa shape index (κ2) is 9.49. The number of allylic oxidation sites excluding steroid dienone is 2. The monoisotopic (exact) mass is 512 g/mol. The molecule has 7 nitrogen and oxygen atoms in total. The lowest BCUT2D eigenvalue weighted by Gasteiger charge is -2.26. The number of carbonyl (C=O) groups excluding carboxylic acids is 4. The highest BCUT2D eigenvalue weighted by Gasteiger charge is 2.61. The lowest BCUT2D eigenvalue weighted by molar-refractivity contribution is -0.160. The molecule has 10 heteroatoms. The maximum absolute atomic E-state index is 13.3. The van der Waals surface area contributed by atoms with Gasteiger partial charge >= 0.3 is 12.1 Å². The molecule has 1 aliphatic heterocycles. The average molecular weight is 512 g/mol. The van der Waals surface area contributed by atoms with Gasteiger partial charge in [-0.1, -0.05) is 54.6 Å². The highest BCUT2D eigenvalue weighted by Crippen LogP contribution is 2.53. The fourth-order valence-electron chi connectivity index (χ4n) is 5.61. The van der Waals surface area contributed by atoms with Gasteiger partial charge in [-0.2, -0.15) is 13.2 Å². The molecule has 2 aromatic carbocycles. The molecular formula is C27H23F3N2O5. The van der Waals surface area contributed by atoms with Crippen molar-refractivity contribution in [3.63, 3.8) is 0 Å². The van der Waals surface area contributed by atoms with Gasteiger partial charge in [-0.25, -0.2) is 4.79 Å². The van der Waals surface area contributed by atoms with Gasteiger partial charge in [-0.15, -0.1) is 0 Å². The van der Waals surface area contributed by atoms with E-state index < -0.39 is 65.6 Å². The number of rotatable bonds is 7. The molecule has 0 unspecified atom stereocenters. The molecule has 0 aromatic heterocycles. The van der Waals surface area contributed by atoms with Crippen molar-refractivity contribution in [1.82, 2.24) is 4.90 Å². The summed E-state index contributed by atoms with van der Waals surface area (Å²) in [4.78, 5) is 53.1. The van der Waals surface area contributed by atoms with Crippen LogP contribution >= 0.6 is 0 Å². The zero-order valence-electron chi connectivity index (χ0n) is 19.5. The number of halogens is 3. The van der Waals surface area contributed by atoms with Crippen LogP contribution in [0.25, 0.3) is 0 Å². The fourth-order valence-corrected chi connectivity index (χ4v) is 5.61. The van der Waals surface area contributed by atoms with Gasteiger partial charge in [-0.3, -0.25) is 19.3 Å². The van der Waals surface area contributed by atoms with Crippen molar-refractivity contribution >= 4 is 29.4 Å². The van der Waals surface area contributed by atoms with E-state index in [1.54, 1.807) is 30.3 Å². The Bertz CT molecular complexity index is 1250. The third-order valence-corrected chi connectivity index (χ3v) is 7.21. The smallest absolute Gasteiger partial charge is 0.418 e. The maximum atomic E-state index is 13.3. The maximum Gasteiger partial charge on any atom is 0.418 e. The first kappa shape index (κ1) is 24.7. The van der Waals surface area contributed by atoms with Gasteiger partial charge in [-0.05, 0) is 36.0 Å². The molecule has 192 valence electrons. The molecule has 2 bridgehead atoms. The number of ether oxygens (including phenoxy) is 1. The Morgan fingerprint density at radius 1 is 0.946 bits per heavy atom. The number of fused-ring (bicyclic) bond motifs is 5. The van der Waals surface area contributed by atoms with Crippen LogP contribution in [-0.4, -0.2) is 41.2 Å². The van der Waals surface area contributed by atoms with Crippen LogP contribution in [0, 0.1) is 23.7 Å². The topological polar surface area (TPSA) is 92.8 Å². The van der Waals surface area contributed by atoms with Crippen LogP contribution in [0.1, 0.15) is 17.5 Å². The van der Waals surface area contributed by atoms with Crippen molar-refractivity contribution in [2.45, 2.75) is 25.1 Å². The predicted molar refractivity (Wildman–Crippen MR) is 125 cm³/mol. The van der Waals surface area contributed by atoms with Gasteiger partial charge in [0.05, 0.1) is 23.1 Å². The van der Waals surface area contributed by atoms with Gasteiger partial charge in [0.1, 0.15) is 6.04 Å². The molecule has 5 rings (SSSR count). The van der Waals surface area contributed by atoms with E-state index in [-0.39, 0.29) is 18.3 Å². The van der Waals surface area contributed by atoms with Gasteiger partial charge in [0.25, 0.3) is 5.91 Å². The summed E-state index contributed by atoms with van der Waals surface area (Å²) >= 11 is 0. The second-order valence-electron chi connectivity index (χ2n) is 9.45. The third kappa shape index (κ3) is 4.63. The second-order valence-corrected chi connectivity index (χ2v) is 9.45. The number of para-hydroxylation sites is 1. The van der Waals surface area contributed by atoms with E-state index in [0.29, 0.717) is 5.56 Å². The summed E-state index contributed by atoms with van der Waals surface area (Å²) in [5.41, 5.74) is -0.844. The van der Waals surface area contributed by atoms with E-state index in [1.807, 2.05) is 12.2 Å².